The monoisotopic (exact) mass is 307 g/mol. The molecule has 0 spiro atoms. The van der Waals surface area contributed by atoms with Crippen molar-refractivity contribution < 1.29 is 14.7 Å². The normalized spacial score (nSPS) is 12.1. The molecule has 1 aromatic carbocycles. The lowest BCUT2D eigenvalue weighted by atomic mass is 10.2. The van der Waals surface area contributed by atoms with E-state index in [0.717, 1.165) is 11.8 Å². The number of carbonyl (C=O) groups is 2. The number of rotatable bonds is 6. The molecule has 1 rings (SSSR count). The van der Waals surface area contributed by atoms with Gasteiger partial charge in [-0.2, -0.15) is 5.26 Å². The molecule has 21 heavy (non-hydrogen) atoms. The molecular weight excluding hydrogens is 294 g/mol. The van der Waals surface area contributed by atoms with Crippen LogP contribution in [0, 0.1) is 11.3 Å². The summed E-state index contributed by atoms with van der Waals surface area (Å²) >= 11 is 5.95. The van der Waals surface area contributed by atoms with Gasteiger partial charge < -0.3 is 15.7 Å². The van der Waals surface area contributed by atoms with E-state index in [4.69, 9.17) is 22.0 Å². The number of benzene rings is 1. The SMILES string of the molecule is CC(N/C=C(/C#N)C(=O)NCc1ccccc1Cl)C(=O)O. The Morgan fingerprint density at radius 3 is 2.71 bits per heavy atom. The minimum atomic E-state index is -1.08. The van der Waals surface area contributed by atoms with E-state index in [-0.39, 0.29) is 12.1 Å². The van der Waals surface area contributed by atoms with Gasteiger partial charge in [-0.3, -0.25) is 9.59 Å². The molecule has 0 aromatic heterocycles. The second-order valence-electron chi connectivity index (χ2n) is 4.17. The number of nitrogens with zero attached hydrogens (tertiary/aromatic N) is 1. The Hall–Kier alpha value is -2.52. The van der Waals surface area contributed by atoms with Gasteiger partial charge in [0.25, 0.3) is 5.91 Å². The van der Waals surface area contributed by atoms with Gasteiger partial charge in [0, 0.05) is 17.8 Å². The fraction of sp³-hybridized carbons (Fsp3) is 0.214. The van der Waals surface area contributed by atoms with E-state index in [0.29, 0.717) is 5.02 Å². The predicted octanol–water partition coefficient (Wildman–Crippen LogP) is 1.43. The second kappa shape index (κ2) is 7.92. The molecule has 0 saturated carbocycles. The van der Waals surface area contributed by atoms with Crippen molar-refractivity contribution in [1.82, 2.24) is 10.6 Å². The average molecular weight is 308 g/mol. The average Bonchev–Trinajstić information content (AvgIpc) is 2.46. The van der Waals surface area contributed by atoms with Crippen LogP contribution in [0.2, 0.25) is 5.02 Å². The van der Waals surface area contributed by atoms with Crippen LogP contribution in [0.25, 0.3) is 0 Å². The standard InChI is InChI=1S/C14H14ClN3O3/c1-9(14(20)21)17-8-11(6-16)13(19)18-7-10-4-2-3-5-12(10)15/h2-5,8-9,17H,7H2,1H3,(H,18,19)(H,20,21)/b11-8-. The molecule has 0 fully saturated rings. The maximum atomic E-state index is 11.8. The lowest BCUT2D eigenvalue weighted by Gasteiger charge is -2.08. The third-order valence-corrected chi connectivity index (χ3v) is 2.98. The van der Waals surface area contributed by atoms with Crippen molar-refractivity contribution >= 4 is 23.5 Å². The summed E-state index contributed by atoms with van der Waals surface area (Å²) in [6, 6.07) is 7.81. The fourth-order valence-corrected chi connectivity index (χ4v) is 1.54. The Morgan fingerprint density at radius 2 is 2.14 bits per heavy atom. The Balaban J connectivity index is 2.64. The van der Waals surface area contributed by atoms with E-state index < -0.39 is 17.9 Å². The molecule has 1 atom stereocenters. The van der Waals surface area contributed by atoms with Gasteiger partial charge in [0.15, 0.2) is 0 Å². The van der Waals surface area contributed by atoms with Crippen molar-refractivity contribution in [2.24, 2.45) is 0 Å². The Labute approximate surface area is 127 Å². The topological polar surface area (TPSA) is 102 Å². The van der Waals surface area contributed by atoms with E-state index >= 15 is 0 Å². The van der Waals surface area contributed by atoms with Gasteiger partial charge in [-0.05, 0) is 18.6 Å². The van der Waals surface area contributed by atoms with E-state index in [2.05, 4.69) is 10.6 Å². The van der Waals surface area contributed by atoms with Gasteiger partial charge >= 0.3 is 5.97 Å². The van der Waals surface area contributed by atoms with E-state index in [1.807, 2.05) is 0 Å². The number of halogens is 1. The maximum absolute atomic E-state index is 11.8. The first-order valence-corrected chi connectivity index (χ1v) is 6.44. The molecule has 110 valence electrons. The molecular formula is C14H14ClN3O3. The Morgan fingerprint density at radius 1 is 1.48 bits per heavy atom. The van der Waals surface area contributed by atoms with Gasteiger partial charge in [-0.15, -0.1) is 0 Å². The summed E-state index contributed by atoms with van der Waals surface area (Å²) in [6.45, 7) is 1.57. The predicted molar refractivity (Wildman–Crippen MR) is 77.2 cm³/mol. The van der Waals surface area contributed by atoms with E-state index in [1.54, 1.807) is 30.3 Å². The molecule has 1 unspecified atom stereocenters. The molecule has 0 heterocycles. The van der Waals surface area contributed by atoms with Crippen LogP contribution in [0.1, 0.15) is 12.5 Å². The molecule has 0 bridgehead atoms. The molecule has 0 aliphatic rings. The minimum absolute atomic E-state index is 0.173. The van der Waals surface area contributed by atoms with Gasteiger partial charge in [-0.25, -0.2) is 0 Å². The maximum Gasteiger partial charge on any atom is 0.325 e. The molecule has 0 aliphatic heterocycles. The number of hydrogen-bond acceptors (Lipinski definition) is 4. The number of carbonyl (C=O) groups excluding carboxylic acids is 1. The van der Waals surface area contributed by atoms with Crippen LogP contribution in [0.5, 0.6) is 0 Å². The minimum Gasteiger partial charge on any atom is -0.480 e. The quantitative estimate of drug-likeness (QED) is 0.545. The van der Waals surface area contributed by atoms with Gasteiger partial charge in [-0.1, -0.05) is 29.8 Å². The van der Waals surface area contributed by atoms with Gasteiger partial charge in [0.1, 0.15) is 17.7 Å². The van der Waals surface area contributed by atoms with Crippen molar-refractivity contribution in [1.29, 1.82) is 5.26 Å². The summed E-state index contributed by atoms with van der Waals surface area (Å²) in [7, 11) is 0. The highest BCUT2D eigenvalue weighted by Crippen LogP contribution is 2.14. The second-order valence-corrected chi connectivity index (χ2v) is 4.58. The molecule has 0 saturated heterocycles. The zero-order valence-electron chi connectivity index (χ0n) is 11.3. The van der Waals surface area contributed by atoms with Crippen LogP contribution < -0.4 is 10.6 Å². The van der Waals surface area contributed by atoms with Gasteiger partial charge in [0.05, 0.1) is 0 Å². The summed E-state index contributed by atoms with van der Waals surface area (Å²) in [5.41, 5.74) is 0.506. The van der Waals surface area contributed by atoms with Crippen LogP contribution in [-0.2, 0) is 16.1 Å². The van der Waals surface area contributed by atoms with Crippen LogP contribution >= 0.6 is 11.6 Å². The molecule has 1 amide bonds. The molecule has 3 N–H and O–H groups in total. The summed E-state index contributed by atoms with van der Waals surface area (Å²) in [6.07, 6.45) is 1.08. The number of carboxylic acid groups (broad SMARTS) is 1. The van der Waals surface area contributed by atoms with Crippen LogP contribution in [0.4, 0.5) is 0 Å². The lowest BCUT2D eigenvalue weighted by Crippen LogP contribution is -2.31. The highest BCUT2D eigenvalue weighted by atomic mass is 35.5. The number of carboxylic acids is 1. The van der Waals surface area contributed by atoms with Crippen molar-refractivity contribution in [3.05, 3.63) is 46.6 Å². The van der Waals surface area contributed by atoms with Crippen LogP contribution in [0.15, 0.2) is 36.0 Å². The number of nitriles is 1. The molecule has 6 nitrogen and oxygen atoms in total. The summed E-state index contributed by atoms with van der Waals surface area (Å²) < 4.78 is 0. The molecule has 0 aliphatic carbocycles. The van der Waals surface area contributed by atoms with Crippen molar-refractivity contribution in [2.75, 3.05) is 0 Å². The molecule has 0 radical (unpaired) electrons. The van der Waals surface area contributed by atoms with Crippen molar-refractivity contribution in [2.45, 2.75) is 19.5 Å². The van der Waals surface area contributed by atoms with Crippen LogP contribution in [-0.4, -0.2) is 23.0 Å². The first-order chi connectivity index (χ1) is 9.95. The third kappa shape index (κ3) is 5.16. The first kappa shape index (κ1) is 16.5. The highest BCUT2D eigenvalue weighted by molar-refractivity contribution is 6.31. The fourth-order valence-electron chi connectivity index (χ4n) is 1.34. The molecule has 7 heteroatoms. The van der Waals surface area contributed by atoms with Crippen molar-refractivity contribution in [3.63, 3.8) is 0 Å². The van der Waals surface area contributed by atoms with Gasteiger partial charge in [0.2, 0.25) is 0 Å². The van der Waals surface area contributed by atoms with E-state index in [9.17, 15) is 9.59 Å². The number of aliphatic carboxylic acids is 1. The smallest absolute Gasteiger partial charge is 0.325 e. The summed E-state index contributed by atoms with van der Waals surface area (Å²) in [5.74, 6) is -1.69. The zero-order chi connectivity index (χ0) is 15.8. The third-order valence-electron chi connectivity index (χ3n) is 2.61. The van der Waals surface area contributed by atoms with Crippen LogP contribution in [0.3, 0.4) is 0 Å². The summed E-state index contributed by atoms with van der Waals surface area (Å²) in [4.78, 5) is 22.4. The Bertz CT molecular complexity index is 608. The first-order valence-electron chi connectivity index (χ1n) is 6.06. The molecule has 1 aromatic rings. The van der Waals surface area contributed by atoms with Crippen molar-refractivity contribution in [3.8, 4) is 6.07 Å². The lowest BCUT2D eigenvalue weighted by molar-refractivity contribution is -0.138. The highest BCUT2D eigenvalue weighted by Gasteiger charge is 2.12. The van der Waals surface area contributed by atoms with E-state index in [1.165, 1.54) is 6.92 Å². The largest absolute Gasteiger partial charge is 0.480 e. The Kier molecular flexibility index (Phi) is 6.24. The zero-order valence-corrected chi connectivity index (χ0v) is 12.0. The number of amides is 1. The number of nitrogens with one attached hydrogen (secondary N) is 2. The number of hydrogen-bond donors (Lipinski definition) is 3. The summed E-state index contributed by atoms with van der Waals surface area (Å²) in [5, 5.41) is 23.1.